The van der Waals surface area contributed by atoms with Gasteiger partial charge in [-0.25, -0.2) is 0 Å². The number of hydrogen-bond acceptors (Lipinski definition) is 3. The van der Waals surface area contributed by atoms with Crippen molar-refractivity contribution in [2.45, 2.75) is 18.9 Å². The van der Waals surface area contributed by atoms with E-state index >= 15 is 0 Å². The Labute approximate surface area is 68.2 Å². The minimum atomic E-state index is -0.116. The molecule has 2 atom stereocenters. The van der Waals surface area contributed by atoms with Crippen molar-refractivity contribution < 1.29 is 5.11 Å². The molecule has 1 aliphatic heterocycles. The largest absolute Gasteiger partial charge is 0.393 e. The fourth-order valence-electron chi connectivity index (χ4n) is 1.70. The van der Waals surface area contributed by atoms with Gasteiger partial charge in [0.05, 0.1) is 6.10 Å². The number of aliphatic hydroxyl groups excluding tert-OH is 1. The minimum absolute atomic E-state index is 0.116. The van der Waals surface area contributed by atoms with Gasteiger partial charge in [0.25, 0.3) is 0 Å². The van der Waals surface area contributed by atoms with Gasteiger partial charge in [0.15, 0.2) is 0 Å². The van der Waals surface area contributed by atoms with E-state index in [-0.39, 0.29) is 6.10 Å². The molecule has 3 heteroatoms. The zero-order chi connectivity index (χ0) is 8.27. The Bertz CT molecular complexity index is 119. The van der Waals surface area contributed by atoms with Gasteiger partial charge in [-0.1, -0.05) is 0 Å². The average Bonchev–Trinajstić information content (AvgIpc) is 1.98. The summed E-state index contributed by atoms with van der Waals surface area (Å²) in [5, 5.41) is 9.54. The maximum atomic E-state index is 9.54. The molecular formula is C8H18N2O. The minimum Gasteiger partial charge on any atom is -0.393 e. The van der Waals surface area contributed by atoms with Crippen LogP contribution in [0.15, 0.2) is 0 Å². The second-order valence-corrected chi connectivity index (χ2v) is 3.46. The molecule has 1 heterocycles. The Hall–Kier alpha value is -0.120. The maximum Gasteiger partial charge on any atom is 0.0593 e. The number of aliphatic hydroxyl groups is 1. The summed E-state index contributed by atoms with van der Waals surface area (Å²) in [6, 6.07) is 0. The zero-order valence-corrected chi connectivity index (χ0v) is 7.16. The topological polar surface area (TPSA) is 49.5 Å². The van der Waals surface area contributed by atoms with Crippen molar-refractivity contribution in [3.8, 4) is 0 Å². The molecular weight excluding hydrogens is 140 g/mol. The van der Waals surface area contributed by atoms with Crippen LogP contribution < -0.4 is 5.73 Å². The van der Waals surface area contributed by atoms with Crippen molar-refractivity contribution in [3.05, 3.63) is 0 Å². The zero-order valence-electron chi connectivity index (χ0n) is 7.16. The van der Waals surface area contributed by atoms with Crippen molar-refractivity contribution in [1.82, 2.24) is 4.90 Å². The lowest BCUT2D eigenvalue weighted by molar-refractivity contribution is 0.0336. The van der Waals surface area contributed by atoms with Crippen LogP contribution in [-0.2, 0) is 0 Å². The number of piperidine rings is 1. The normalized spacial score (nSPS) is 34.1. The van der Waals surface area contributed by atoms with Gasteiger partial charge in [0.2, 0.25) is 0 Å². The molecule has 0 spiro atoms. The maximum absolute atomic E-state index is 9.54. The molecule has 0 aliphatic carbocycles. The average molecular weight is 158 g/mol. The number of rotatable bonds is 2. The van der Waals surface area contributed by atoms with E-state index < -0.39 is 0 Å². The highest BCUT2D eigenvalue weighted by atomic mass is 16.3. The fourth-order valence-corrected chi connectivity index (χ4v) is 1.70. The van der Waals surface area contributed by atoms with Crippen molar-refractivity contribution in [1.29, 1.82) is 0 Å². The number of hydrogen-bond donors (Lipinski definition) is 2. The molecule has 0 radical (unpaired) electrons. The lowest BCUT2D eigenvalue weighted by Gasteiger charge is -2.33. The molecule has 0 aromatic rings. The third-order valence-corrected chi connectivity index (χ3v) is 2.43. The summed E-state index contributed by atoms with van der Waals surface area (Å²) >= 11 is 0. The first-order valence-corrected chi connectivity index (χ1v) is 4.30. The molecule has 66 valence electrons. The summed E-state index contributed by atoms with van der Waals surface area (Å²) in [4.78, 5) is 2.26. The van der Waals surface area contributed by atoms with Crippen LogP contribution in [0, 0.1) is 5.92 Å². The molecule has 0 aromatic heterocycles. The van der Waals surface area contributed by atoms with Crippen LogP contribution in [-0.4, -0.2) is 42.8 Å². The van der Waals surface area contributed by atoms with E-state index in [9.17, 15) is 5.11 Å². The summed E-state index contributed by atoms with van der Waals surface area (Å²) in [5.74, 6) is 0.402. The molecule has 3 nitrogen and oxygen atoms in total. The molecule has 1 aliphatic rings. The summed E-state index contributed by atoms with van der Waals surface area (Å²) in [6.45, 7) is 2.70. The van der Waals surface area contributed by atoms with E-state index in [0.29, 0.717) is 12.5 Å². The first kappa shape index (κ1) is 8.97. The van der Waals surface area contributed by atoms with E-state index in [1.165, 1.54) is 0 Å². The van der Waals surface area contributed by atoms with E-state index in [0.717, 1.165) is 25.9 Å². The van der Waals surface area contributed by atoms with E-state index in [2.05, 4.69) is 11.9 Å². The van der Waals surface area contributed by atoms with Crippen LogP contribution in [0.2, 0.25) is 0 Å². The Morgan fingerprint density at radius 2 is 2.36 bits per heavy atom. The van der Waals surface area contributed by atoms with Gasteiger partial charge in [-0.2, -0.15) is 0 Å². The molecule has 0 bridgehead atoms. The predicted octanol–water partition coefficient (Wildman–Crippen LogP) is -0.352. The van der Waals surface area contributed by atoms with Gasteiger partial charge in [-0.15, -0.1) is 0 Å². The van der Waals surface area contributed by atoms with E-state index in [1.807, 2.05) is 0 Å². The molecule has 2 unspecified atom stereocenters. The number of nitrogens with zero attached hydrogens (tertiary/aromatic N) is 1. The standard InChI is InChI=1S/C8H18N2O/c1-10-5-3-8(11)7(6-10)2-4-9/h7-8,11H,2-6,9H2,1H3. The van der Waals surface area contributed by atoms with Gasteiger partial charge in [-0.05, 0) is 32.4 Å². The third-order valence-electron chi connectivity index (χ3n) is 2.43. The second-order valence-electron chi connectivity index (χ2n) is 3.46. The van der Waals surface area contributed by atoms with Gasteiger partial charge in [0.1, 0.15) is 0 Å². The summed E-state index contributed by atoms with van der Waals surface area (Å²) in [5.41, 5.74) is 5.44. The Balaban J connectivity index is 2.34. The Morgan fingerprint density at radius 3 is 3.00 bits per heavy atom. The monoisotopic (exact) mass is 158 g/mol. The van der Waals surface area contributed by atoms with Crippen LogP contribution in [0.4, 0.5) is 0 Å². The summed E-state index contributed by atoms with van der Waals surface area (Å²) < 4.78 is 0. The number of likely N-dealkylation sites (tertiary alicyclic amines) is 1. The van der Waals surface area contributed by atoms with Crippen LogP contribution in [0.5, 0.6) is 0 Å². The Morgan fingerprint density at radius 1 is 1.64 bits per heavy atom. The van der Waals surface area contributed by atoms with Crippen LogP contribution >= 0.6 is 0 Å². The molecule has 0 aromatic carbocycles. The van der Waals surface area contributed by atoms with Crippen molar-refractivity contribution >= 4 is 0 Å². The smallest absolute Gasteiger partial charge is 0.0593 e. The van der Waals surface area contributed by atoms with Crippen LogP contribution in [0.25, 0.3) is 0 Å². The highest BCUT2D eigenvalue weighted by Crippen LogP contribution is 2.18. The van der Waals surface area contributed by atoms with Crippen molar-refractivity contribution in [3.63, 3.8) is 0 Å². The molecule has 1 rings (SSSR count). The van der Waals surface area contributed by atoms with Gasteiger partial charge >= 0.3 is 0 Å². The van der Waals surface area contributed by atoms with Gasteiger partial charge < -0.3 is 15.7 Å². The molecule has 1 saturated heterocycles. The van der Waals surface area contributed by atoms with Crippen LogP contribution in [0.1, 0.15) is 12.8 Å². The first-order valence-electron chi connectivity index (χ1n) is 4.30. The van der Waals surface area contributed by atoms with Crippen molar-refractivity contribution in [2.24, 2.45) is 11.7 Å². The second kappa shape index (κ2) is 4.04. The van der Waals surface area contributed by atoms with Crippen molar-refractivity contribution in [2.75, 3.05) is 26.7 Å². The van der Waals surface area contributed by atoms with Gasteiger partial charge in [-0.3, -0.25) is 0 Å². The van der Waals surface area contributed by atoms with Gasteiger partial charge in [0, 0.05) is 13.1 Å². The number of nitrogens with two attached hydrogens (primary N) is 1. The predicted molar refractivity (Wildman–Crippen MR) is 45.3 cm³/mol. The molecule has 11 heavy (non-hydrogen) atoms. The fraction of sp³-hybridized carbons (Fsp3) is 1.00. The summed E-state index contributed by atoms with van der Waals surface area (Å²) in [6.07, 6.45) is 1.74. The highest BCUT2D eigenvalue weighted by molar-refractivity contribution is 4.78. The SMILES string of the molecule is CN1CCC(O)C(CCN)C1. The molecule has 0 amide bonds. The quantitative estimate of drug-likeness (QED) is 0.577. The first-order chi connectivity index (χ1) is 5.24. The molecule has 1 fully saturated rings. The summed E-state index contributed by atoms with van der Waals surface area (Å²) in [7, 11) is 2.09. The lowest BCUT2D eigenvalue weighted by Crippen LogP contribution is -2.41. The van der Waals surface area contributed by atoms with E-state index in [1.54, 1.807) is 0 Å². The van der Waals surface area contributed by atoms with E-state index in [4.69, 9.17) is 5.73 Å². The Kier molecular flexibility index (Phi) is 3.30. The molecule has 0 saturated carbocycles. The third kappa shape index (κ3) is 2.43. The highest BCUT2D eigenvalue weighted by Gasteiger charge is 2.24. The molecule has 3 N–H and O–H groups in total. The lowest BCUT2D eigenvalue weighted by atomic mass is 9.92. The van der Waals surface area contributed by atoms with Crippen LogP contribution in [0.3, 0.4) is 0 Å².